The minimum atomic E-state index is -0.144. The summed E-state index contributed by atoms with van der Waals surface area (Å²) in [5.74, 6) is 1.33. The highest BCUT2D eigenvalue weighted by Crippen LogP contribution is 2.36. The summed E-state index contributed by atoms with van der Waals surface area (Å²) in [6.45, 7) is 3.03. The molecule has 0 atom stereocenters. The summed E-state index contributed by atoms with van der Waals surface area (Å²) in [5, 5.41) is 4.87. The van der Waals surface area contributed by atoms with Crippen LogP contribution in [0.3, 0.4) is 0 Å². The molecule has 8 heteroatoms. The van der Waals surface area contributed by atoms with Crippen molar-refractivity contribution in [2.24, 2.45) is 0 Å². The van der Waals surface area contributed by atoms with E-state index >= 15 is 0 Å². The molecule has 1 fully saturated rings. The van der Waals surface area contributed by atoms with Crippen LogP contribution in [0.1, 0.15) is 24.7 Å². The van der Waals surface area contributed by atoms with Crippen molar-refractivity contribution in [3.05, 3.63) is 95.4 Å². The average Bonchev–Trinajstić information content (AvgIpc) is 3.61. The molecule has 1 amide bonds. The fourth-order valence-corrected chi connectivity index (χ4v) is 4.97. The molecule has 0 aliphatic carbocycles. The fourth-order valence-electron chi connectivity index (χ4n) is 3.72. The maximum Gasteiger partial charge on any atom is 0.266 e. The van der Waals surface area contributed by atoms with E-state index in [0.717, 1.165) is 34.7 Å². The van der Waals surface area contributed by atoms with Gasteiger partial charge in [0.15, 0.2) is 0 Å². The lowest BCUT2D eigenvalue weighted by Crippen LogP contribution is -2.27. The smallest absolute Gasteiger partial charge is 0.266 e. The first-order valence-corrected chi connectivity index (χ1v) is 12.5. The molecule has 0 radical (unpaired) electrons. The van der Waals surface area contributed by atoms with E-state index in [1.54, 1.807) is 17.2 Å². The lowest BCUT2D eigenvalue weighted by Gasteiger charge is -2.11. The normalized spacial score (nSPS) is 14.8. The van der Waals surface area contributed by atoms with Crippen molar-refractivity contribution in [3.8, 4) is 22.7 Å². The van der Waals surface area contributed by atoms with Gasteiger partial charge in [-0.25, -0.2) is 4.68 Å². The molecule has 1 aliphatic rings. The Kier molecular flexibility index (Phi) is 6.83. The number of hydrogen-bond acceptors (Lipinski definition) is 6. The monoisotopic (exact) mass is 501 g/mol. The third-order valence-corrected chi connectivity index (χ3v) is 6.78. The van der Waals surface area contributed by atoms with E-state index in [9.17, 15) is 4.79 Å². The van der Waals surface area contributed by atoms with Gasteiger partial charge in [-0.1, -0.05) is 61.2 Å². The Hall–Kier alpha value is -3.62. The first kappa shape index (κ1) is 23.1. The third-order valence-electron chi connectivity index (χ3n) is 5.40. The number of benzene rings is 2. The molecular formula is C27H23N3O3S2. The van der Waals surface area contributed by atoms with Crippen LogP contribution in [0.25, 0.3) is 23.0 Å². The number of nitrogens with zero attached hydrogens (tertiary/aromatic N) is 3. The van der Waals surface area contributed by atoms with E-state index in [1.165, 1.54) is 11.8 Å². The van der Waals surface area contributed by atoms with Gasteiger partial charge in [0.1, 0.15) is 21.5 Å². The van der Waals surface area contributed by atoms with Gasteiger partial charge in [0, 0.05) is 17.3 Å². The van der Waals surface area contributed by atoms with Crippen LogP contribution in [-0.4, -0.2) is 31.5 Å². The Balaban J connectivity index is 1.53. The highest BCUT2D eigenvalue weighted by molar-refractivity contribution is 8.26. The van der Waals surface area contributed by atoms with Crippen LogP contribution in [-0.2, 0) is 11.3 Å². The van der Waals surface area contributed by atoms with Gasteiger partial charge in [0.05, 0.1) is 30.0 Å². The topological polar surface area (TPSA) is 60.5 Å². The van der Waals surface area contributed by atoms with Crippen molar-refractivity contribution in [1.29, 1.82) is 0 Å². The van der Waals surface area contributed by atoms with Crippen molar-refractivity contribution < 1.29 is 13.9 Å². The zero-order valence-corrected chi connectivity index (χ0v) is 20.7. The molecule has 4 aromatic rings. The second kappa shape index (κ2) is 10.3. The van der Waals surface area contributed by atoms with Gasteiger partial charge in [-0.05, 0) is 48.9 Å². The van der Waals surface area contributed by atoms with Crippen LogP contribution in [0.15, 0.2) is 88.5 Å². The SMILES string of the molecule is CCCOc1cccc(-c2nn(-c3ccccc3)cc2/C=C2\SC(=S)N(Cc3ccco3)C2=O)c1. The largest absolute Gasteiger partial charge is 0.494 e. The molecule has 176 valence electrons. The second-order valence-electron chi connectivity index (χ2n) is 7.94. The van der Waals surface area contributed by atoms with E-state index in [-0.39, 0.29) is 5.91 Å². The molecule has 3 heterocycles. The molecule has 5 rings (SSSR count). The number of thiocarbonyl (C=S) groups is 1. The first-order valence-electron chi connectivity index (χ1n) is 11.3. The second-order valence-corrected chi connectivity index (χ2v) is 9.61. The molecule has 2 aromatic carbocycles. The molecule has 0 bridgehead atoms. The van der Waals surface area contributed by atoms with Crippen LogP contribution in [0.5, 0.6) is 5.75 Å². The minimum Gasteiger partial charge on any atom is -0.494 e. The molecule has 6 nitrogen and oxygen atoms in total. The summed E-state index contributed by atoms with van der Waals surface area (Å²) in [5.41, 5.74) is 3.41. The maximum atomic E-state index is 13.2. The predicted molar refractivity (Wildman–Crippen MR) is 142 cm³/mol. The van der Waals surface area contributed by atoms with E-state index in [1.807, 2.05) is 77.6 Å². The van der Waals surface area contributed by atoms with Crippen LogP contribution in [0.2, 0.25) is 0 Å². The van der Waals surface area contributed by atoms with Crippen LogP contribution in [0, 0.1) is 0 Å². The predicted octanol–water partition coefficient (Wildman–Crippen LogP) is 6.32. The summed E-state index contributed by atoms with van der Waals surface area (Å²) in [6.07, 6.45) is 6.31. The van der Waals surface area contributed by atoms with Crippen molar-refractivity contribution in [2.75, 3.05) is 6.61 Å². The number of para-hydroxylation sites is 1. The van der Waals surface area contributed by atoms with Crippen LogP contribution < -0.4 is 4.74 Å². The van der Waals surface area contributed by atoms with Gasteiger partial charge >= 0.3 is 0 Å². The molecule has 1 aliphatic heterocycles. The number of hydrogen-bond donors (Lipinski definition) is 0. The number of furan rings is 1. The van der Waals surface area contributed by atoms with Gasteiger partial charge in [-0.2, -0.15) is 5.10 Å². The van der Waals surface area contributed by atoms with Crippen molar-refractivity contribution in [3.63, 3.8) is 0 Å². The number of aromatic nitrogens is 2. The molecule has 0 N–H and O–H groups in total. The Morgan fingerprint density at radius 1 is 1.11 bits per heavy atom. The van der Waals surface area contributed by atoms with E-state index in [4.69, 9.17) is 26.5 Å². The van der Waals surface area contributed by atoms with Gasteiger partial charge < -0.3 is 9.15 Å². The van der Waals surface area contributed by atoms with Gasteiger partial charge in [0.2, 0.25) is 0 Å². The first-order chi connectivity index (χ1) is 17.1. The zero-order valence-electron chi connectivity index (χ0n) is 19.1. The maximum absolute atomic E-state index is 13.2. The van der Waals surface area contributed by atoms with Gasteiger partial charge in [0.25, 0.3) is 5.91 Å². The zero-order chi connectivity index (χ0) is 24.2. The summed E-state index contributed by atoms with van der Waals surface area (Å²) < 4.78 is 13.6. The molecule has 1 saturated heterocycles. The van der Waals surface area contributed by atoms with Crippen molar-refractivity contribution >= 4 is 40.3 Å². The lowest BCUT2D eigenvalue weighted by atomic mass is 10.1. The average molecular weight is 502 g/mol. The van der Waals surface area contributed by atoms with Crippen LogP contribution >= 0.6 is 24.0 Å². The quantitative estimate of drug-likeness (QED) is 0.208. The number of amides is 1. The Labute approximate surface area is 213 Å². The molecular weight excluding hydrogens is 478 g/mol. The fraction of sp³-hybridized carbons (Fsp3) is 0.148. The molecule has 2 aromatic heterocycles. The van der Waals surface area contributed by atoms with E-state index in [0.29, 0.717) is 28.1 Å². The Morgan fingerprint density at radius 2 is 1.97 bits per heavy atom. The summed E-state index contributed by atoms with van der Waals surface area (Å²) >= 11 is 6.79. The van der Waals surface area contributed by atoms with Crippen LogP contribution in [0.4, 0.5) is 0 Å². The highest BCUT2D eigenvalue weighted by Gasteiger charge is 2.33. The Morgan fingerprint density at radius 3 is 2.74 bits per heavy atom. The molecule has 0 unspecified atom stereocenters. The number of rotatable bonds is 8. The van der Waals surface area contributed by atoms with E-state index in [2.05, 4.69) is 6.92 Å². The van der Waals surface area contributed by atoms with E-state index < -0.39 is 0 Å². The van der Waals surface area contributed by atoms with Crippen molar-refractivity contribution in [2.45, 2.75) is 19.9 Å². The highest BCUT2D eigenvalue weighted by atomic mass is 32.2. The minimum absolute atomic E-state index is 0.144. The Bertz CT molecular complexity index is 1380. The third kappa shape index (κ3) is 5.08. The van der Waals surface area contributed by atoms with Gasteiger partial charge in [-0.3, -0.25) is 9.69 Å². The number of ether oxygens (including phenoxy) is 1. The molecule has 35 heavy (non-hydrogen) atoms. The summed E-state index contributed by atoms with van der Waals surface area (Å²) in [4.78, 5) is 15.3. The number of thioether (sulfide) groups is 1. The number of carbonyl (C=O) groups excluding carboxylic acids is 1. The molecule has 0 spiro atoms. The van der Waals surface area contributed by atoms with Gasteiger partial charge in [-0.15, -0.1) is 0 Å². The summed E-state index contributed by atoms with van der Waals surface area (Å²) in [7, 11) is 0. The number of carbonyl (C=O) groups is 1. The lowest BCUT2D eigenvalue weighted by molar-refractivity contribution is -0.122. The summed E-state index contributed by atoms with van der Waals surface area (Å²) in [6, 6.07) is 21.4. The van der Waals surface area contributed by atoms with Crippen molar-refractivity contribution in [1.82, 2.24) is 14.7 Å². The standard InChI is InChI=1S/C27H23N3O3S2/c1-2-13-32-22-11-6-8-19(15-22)25-20(17-30(28-25)21-9-4-3-5-10-21)16-24-26(31)29(27(34)35-24)18-23-12-7-14-33-23/h3-12,14-17H,2,13,18H2,1H3/b24-16-. The molecule has 0 saturated carbocycles.